The number of aromatic nitrogens is 1. The van der Waals surface area contributed by atoms with Crippen LogP contribution in [-0.4, -0.2) is 10.9 Å². The van der Waals surface area contributed by atoms with E-state index in [1.165, 1.54) is 0 Å². The number of carbonyl (C=O) groups is 1. The molecular weight excluding hydrogens is 436 g/mol. The molecule has 0 aliphatic carbocycles. The van der Waals surface area contributed by atoms with Crippen LogP contribution in [0.5, 0.6) is 0 Å². The number of anilines is 1. The average Bonchev–Trinajstić information content (AvgIpc) is 2.69. The van der Waals surface area contributed by atoms with Crippen LogP contribution in [0.3, 0.4) is 0 Å². The summed E-state index contributed by atoms with van der Waals surface area (Å²) in [5, 5.41) is 4.38. The fraction of sp³-hybridized carbons (Fsp3) is 0.0435. The lowest BCUT2D eigenvalue weighted by Gasteiger charge is -2.12. The van der Waals surface area contributed by atoms with Crippen LogP contribution >= 0.6 is 27.5 Å². The fourth-order valence-electron chi connectivity index (χ4n) is 3.08. The first-order valence-corrected chi connectivity index (χ1v) is 9.92. The second-order valence-electron chi connectivity index (χ2n) is 6.49. The molecule has 0 saturated carbocycles. The molecule has 0 atom stereocenters. The van der Waals surface area contributed by atoms with E-state index < -0.39 is 0 Å². The van der Waals surface area contributed by atoms with Crippen molar-refractivity contribution in [3.05, 3.63) is 93.4 Å². The zero-order valence-corrected chi connectivity index (χ0v) is 17.4. The molecule has 4 rings (SSSR count). The molecule has 0 aliphatic rings. The van der Waals surface area contributed by atoms with E-state index in [9.17, 15) is 4.79 Å². The molecule has 0 bridgehead atoms. The molecular formula is C23H16BrClN2O. The number of fused-ring (bicyclic) bond motifs is 1. The smallest absolute Gasteiger partial charge is 0.256 e. The zero-order valence-electron chi connectivity index (χ0n) is 15.0. The number of para-hydroxylation sites is 1. The molecule has 0 saturated heterocycles. The van der Waals surface area contributed by atoms with Crippen LogP contribution < -0.4 is 5.32 Å². The third-order valence-electron chi connectivity index (χ3n) is 4.48. The minimum Gasteiger partial charge on any atom is -0.321 e. The van der Waals surface area contributed by atoms with Crippen LogP contribution in [0.2, 0.25) is 5.02 Å². The molecule has 0 unspecified atom stereocenters. The highest BCUT2D eigenvalue weighted by molar-refractivity contribution is 9.10. The van der Waals surface area contributed by atoms with E-state index in [1.807, 2.05) is 73.7 Å². The van der Waals surface area contributed by atoms with Crippen molar-refractivity contribution < 1.29 is 4.79 Å². The van der Waals surface area contributed by atoms with Gasteiger partial charge in [-0.1, -0.05) is 54.1 Å². The predicted octanol–water partition coefficient (Wildman–Crippen LogP) is 6.88. The third-order valence-corrected chi connectivity index (χ3v) is 5.47. The number of hydrogen-bond donors (Lipinski definition) is 1. The molecule has 138 valence electrons. The van der Waals surface area contributed by atoms with Gasteiger partial charge in [-0.15, -0.1) is 0 Å². The quantitative estimate of drug-likeness (QED) is 0.369. The number of carbonyl (C=O) groups excluding carboxylic acids is 1. The Labute approximate surface area is 176 Å². The first kappa shape index (κ1) is 18.7. The second kappa shape index (κ2) is 7.74. The van der Waals surface area contributed by atoms with Crippen LogP contribution in [0.25, 0.3) is 22.2 Å². The molecule has 0 fully saturated rings. The van der Waals surface area contributed by atoms with Crippen molar-refractivity contribution in [2.24, 2.45) is 0 Å². The van der Waals surface area contributed by atoms with E-state index in [-0.39, 0.29) is 5.91 Å². The summed E-state index contributed by atoms with van der Waals surface area (Å²) in [6.45, 7) is 2.00. The summed E-state index contributed by atoms with van der Waals surface area (Å²) in [5.41, 5.74) is 4.58. The molecule has 1 N–H and O–H groups in total. The van der Waals surface area contributed by atoms with E-state index >= 15 is 0 Å². The van der Waals surface area contributed by atoms with Gasteiger partial charge >= 0.3 is 0 Å². The maximum atomic E-state index is 13.1. The summed E-state index contributed by atoms with van der Waals surface area (Å²) < 4.78 is 0.838. The highest BCUT2D eigenvalue weighted by atomic mass is 79.9. The van der Waals surface area contributed by atoms with Gasteiger partial charge in [0.1, 0.15) is 0 Å². The van der Waals surface area contributed by atoms with Crippen molar-refractivity contribution in [2.45, 2.75) is 6.92 Å². The summed E-state index contributed by atoms with van der Waals surface area (Å²) in [6.07, 6.45) is 0. The Morgan fingerprint density at radius 1 is 1.00 bits per heavy atom. The SMILES string of the molecule is Cc1ccc(NC(=O)c2cc(-c3ccccc3Cl)nc3ccccc23)c(Br)c1. The number of nitrogens with zero attached hydrogens (tertiary/aromatic N) is 1. The summed E-state index contributed by atoms with van der Waals surface area (Å²) in [6, 6.07) is 22.7. The lowest BCUT2D eigenvalue weighted by atomic mass is 10.0. The Morgan fingerprint density at radius 2 is 1.75 bits per heavy atom. The Balaban J connectivity index is 1.83. The topological polar surface area (TPSA) is 42.0 Å². The zero-order chi connectivity index (χ0) is 19.7. The summed E-state index contributed by atoms with van der Waals surface area (Å²) in [4.78, 5) is 17.9. The number of pyridine rings is 1. The van der Waals surface area contributed by atoms with Crippen molar-refractivity contribution >= 4 is 50.0 Å². The lowest BCUT2D eigenvalue weighted by Crippen LogP contribution is -2.13. The second-order valence-corrected chi connectivity index (χ2v) is 7.75. The monoisotopic (exact) mass is 450 g/mol. The van der Waals surface area contributed by atoms with Crippen LogP contribution in [0.4, 0.5) is 5.69 Å². The van der Waals surface area contributed by atoms with Gasteiger partial charge in [-0.05, 0) is 58.7 Å². The van der Waals surface area contributed by atoms with Gasteiger partial charge in [-0.25, -0.2) is 4.98 Å². The minimum atomic E-state index is -0.198. The molecule has 0 aliphatic heterocycles. The summed E-state index contributed by atoms with van der Waals surface area (Å²) in [7, 11) is 0. The fourth-order valence-corrected chi connectivity index (χ4v) is 3.91. The number of rotatable bonds is 3. The Bertz CT molecular complexity index is 1210. The van der Waals surface area contributed by atoms with E-state index in [1.54, 1.807) is 6.07 Å². The molecule has 3 nitrogen and oxygen atoms in total. The lowest BCUT2D eigenvalue weighted by molar-refractivity contribution is 0.102. The number of nitrogens with one attached hydrogen (secondary N) is 1. The van der Waals surface area contributed by atoms with E-state index in [0.717, 1.165) is 32.2 Å². The first-order valence-electron chi connectivity index (χ1n) is 8.75. The van der Waals surface area contributed by atoms with Gasteiger partial charge in [0.25, 0.3) is 5.91 Å². The molecule has 1 aromatic heterocycles. The van der Waals surface area contributed by atoms with Gasteiger partial charge in [-0.2, -0.15) is 0 Å². The van der Waals surface area contributed by atoms with Crippen molar-refractivity contribution in [1.29, 1.82) is 0 Å². The molecule has 5 heteroatoms. The van der Waals surface area contributed by atoms with E-state index in [4.69, 9.17) is 16.6 Å². The Hall–Kier alpha value is -2.69. The van der Waals surface area contributed by atoms with Gasteiger partial charge in [0.05, 0.1) is 22.5 Å². The summed E-state index contributed by atoms with van der Waals surface area (Å²) in [5.74, 6) is -0.198. The molecule has 4 aromatic rings. The Kier molecular flexibility index (Phi) is 5.16. The number of aryl methyl sites for hydroxylation is 1. The van der Waals surface area contributed by atoms with Crippen molar-refractivity contribution in [3.63, 3.8) is 0 Å². The van der Waals surface area contributed by atoms with Crippen LogP contribution in [0.15, 0.2) is 77.3 Å². The molecule has 3 aromatic carbocycles. The first-order chi connectivity index (χ1) is 13.5. The van der Waals surface area contributed by atoms with Crippen molar-refractivity contribution in [1.82, 2.24) is 4.98 Å². The van der Waals surface area contributed by atoms with Gasteiger partial charge in [0, 0.05) is 20.4 Å². The number of halogens is 2. The third kappa shape index (κ3) is 3.66. The van der Waals surface area contributed by atoms with Crippen LogP contribution in [-0.2, 0) is 0 Å². The van der Waals surface area contributed by atoms with E-state index in [2.05, 4.69) is 21.2 Å². The number of benzene rings is 3. The largest absolute Gasteiger partial charge is 0.321 e. The summed E-state index contributed by atoms with van der Waals surface area (Å²) >= 11 is 9.87. The maximum absolute atomic E-state index is 13.1. The van der Waals surface area contributed by atoms with Crippen molar-refractivity contribution in [2.75, 3.05) is 5.32 Å². The molecule has 1 amide bonds. The van der Waals surface area contributed by atoms with Gasteiger partial charge < -0.3 is 5.32 Å². The predicted molar refractivity (Wildman–Crippen MR) is 119 cm³/mol. The van der Waals surface area contributed by atoms with Gasteiger partial charge in [0.2, 0.25) is 0 Å². The minimum absolute atomic E-state index is 0.198. The molecule has 0 radical (unpaired) electrons. The molecule has 0 spiro atoms. The van der Waals surface area contributed by atoms with Gasteiger partial charge in [-0.3, -0.25) is 4.79 Å². The average molecular weight is 452 g/mol. The molecule has 1 heterocycles. The van der Waals surface area contributed by atoms with Crippen molar-refractivity contribution in [3.8, 4) is 11.3 Å². The van der Waals surface area contributed by atoms with E-state index in [0.29, 0.717) is 16.3 Å². The van der Waals surface area contributed by atoms with Crippen LogP contribution in [0, 0.1) is 6.92 Å². The maximum Gasteiger partial charge on any atom is 0.256 e. The highest BCUT2D eigenvalue weighted by Crippen LogP contribution is 2.31. The standard InChI is InChI=1S/C23H16BrClN2O/c1-14-10-11-21(18(24)12-14)27-23(28)17-13-22(16-7-2-4-8-19(16)25)26-20-9-5-3-6-15(17)20/h2-13H,1H3,(H,27,28). The number of amides is 1. The van der Waals surface area contributed by atoms with Gasteiger partial charge in [0.15, 0.2) is 0 Å². The molecule has 28 heavy (non-hydrogen) atoms. The normalized spacial score (nSPS) is 10.8. The highest BCUT2D eigenvalue weighted by Gasteiger charge is 2.16. The number of hydrogen-bond acceptors (Lipinski definition) is 2. The Morgan fingerprint density at radius 3 is 2.54 bits per heavy atom. The van der Waals surface area contributed by atoms with Crippen LogP contribution in [0.1, 0.15) is 15.9 Å².